The number of halogens is 2. The van der Waals surface area contributed by atoms with Crippen molar-refractivity contribution in [1.82, 2.24) is 0 Å². The number of carbonyl (C=O) groups is 1. The van der Waals surface area contributed by atoms with Crippen molar-refractivity contribution in [3.63, 3.8) is 0 Å². The van der Waals surface area contributed by atoms with Crippen molar-refractivity contribution in [2.75, 3.05) is 12.9 Å². The van der Waals surface area contributed by atoms with Crippen LogP contribution in [0.15, 0.2) is 47.4 Å². The van der Waals surface area contributed by atoms with Crippen molar-refractivity contribution in [3.8, 4) is 5.75 Å². The predicted octanol–water partition coefficient (Wildman–Crippen LogP) is 4.46. The fourth-order valence-corrected chi connectivity index (χ4v) is 2.79. The highest BCUT2D eigenvalue weighted by atomic mass is 35.5. The average molecular weight is 311 g/mol. The minimum absolute atomic E-state index is 0.0314. The fraction of sp³-hybridized carbons (Fsp3) is 0.133. The van der Waals surface area contributed by atoms with Crippen molar-refractivity contribution in [1.29, 1.82) is 0 Å². The molecule has 0 aliphatic heterocycles. The molecule has 0 aliphatic carbocycles. The molecule has 0 bridgehead atoms. The lowest BCUT2D eigenvalue weighted by molar-refractivity contribution is 0.101. The van der Waals surface area contributed by atoms with Gasteiger partial charge in [0.15, 0.2) is 17.3 Å². The van der Waals surface area contributed by atoms with Gasteiger partial charge < -0.3 is 4.74 Å². The van der Waals surface area contributed by atoms with E-state index in [2.05, 4.69) is 0 Å². The van der Waals surface area contributed by atoms with Crippen LogP contribution in [0.1, 0.15) is 10.4 Å². The van der Waals surface area contributed by atoms with E-state index >= 15 is 0 Å². The van der Waals surface area contributed by atoms with Gasteiger partial charge in [-0.2, -0.15) is 0 Å². The van der Waals surface area contributed by atoms with Crippen LogP contribution in [0.4, 0.5) is 4.39 Å². The lowest BCUT2D eigenvalue weighted by Gasteiger charge is -2.07. The standard InChI is InChI=1S/C15H12ClFO2S/c1-19-13-7-4-5-10(15(13)17)12(18)9-20-14-8-3-2-6-11(14)16/h2-8H,9H2,1H3. The van der Waals surface area contributed by atoms with Gasteiger partial charge in [0.05, 0.1) is 23.4 Å². The Bertz CT molecular complexity index is 631. The maximum Gasteiger partial charge on any atom is 0.176 e. The molecule has 5 heteroatoms. The number of thioether (sulfide) groups is 1. The Morgan fingerprint density at radius 1 is 1.25 bits per heavy atom. The molecular formula is C15H12ClFO2S. The van der Waals surface area contributed by atoms with E-state index in [1.54, 1.807) is 12.1 Å². The Hall–Kier alpha value is -1.52. The second kappa shape index (κ2) is 6.77. The van der Waals surface area contributed by atoms with Crippen molar-refractivity contribution in [3.05, 3.63) is 58.9 Å². The summed E-state index contributed by atoms with van der Waals surface area (Å²) in [5, 5.41) is 0.580. The van der Waals surface area contributed by atoms with Gasteiger partial charge in [-0.1, -0.05) is 29.8 Å². The van der Waals surface area contributed by atoms with Crippen LogP contribution in [-0.4, -0.2) is 18.6 Å². The van der Waals surface area contributed by atoms with E-state index < -0.39 is 5.82 Å². The number of benzene rings is 2. The van der Waals surface area contributed by atoms with Gasteiger partial charge in [-0.3, -0.25) is 4.79 Å². The van der Waals surface area contributed by atoms with Crippen molar-refractivity contribution in [2.24, 2.45) is 0 Å². The van der Waals surface area contributed by atoms with E-state index in [4.69, 9.17) is 16.3 Å². The molecule has 0 saturated heterocycles. The Morgan fingerprint density at radius 3 is 2.70 bits per heavy atom. The van der Waals surface area contributed by atoms with Gasteiger partial charge in [0.1, 0.15) is 0 Å². The molecule has 104 valence electrons. The zero-order chi connectivity index (χ0) is 14.5. The zero-order valence-electron chi connectivity index (χ0n) is 10.7. The van der Waals surface area contributed by atoms with E-state index in [-0.39, 0.29) is 22.8 Å². The van der Waals surface area contributed by atoms with Crippen LogP contribution in [0.25, 0.3) is 0 Å². The molecule has 0 N–H and O–H groups in total. The van der Waals surface area contributed by atoms with Crippen molar-refractivity contribution >= 4 is 29.1 Å². The molecule has 0 saturated carbocycles. The van der Waals surface area contributed by atoms with Crippen LogP contribution in [0.3, 0.4) is 0 Å². The summed E-state index contributed by atoms with van der Waals surface area (Å²) in [5.74, 6) is -0.738. The largest absolute Gasteiger partial charge is 0.494 e. The quantitative estimate of drug-likeness (QED) is 0.602. The first kappa shape index (κ1) is 14.9. The summed E-state index contributed by atoms with van der Waals surface area (Å²) in [7, 11) is 1.37. The first-order valence-electron chi connectivity index (χ1n) is 5.86. The lowest BCUT2D eigenvalue weighted by Crippen LogP contribution is -2.06. The van der Waals surface area contributed by atoms with Crippen molar-refractivity contribution in [2.45, 2.75) is 4.90 Å². The normalized spacial score (nSPS) is 10.3. The van der Waals surface area contributed by atoms with Gasteiger partial charge in [0, 0.05) is 4.90 Å². The third-order valence-electron chi connectivity index (χ3n) is 2.68. The third-order valence-corrected chi connectivity index (χ3v) is 4.19. The highest BCUT2D eigenvalue weighted by Gasteiger charge is 2.16. The number of carbonyl (C=O) groups excluding carboxylic acids is 1. The van der Waals surface area contributed by atoms with E-state index in [0.717, 1.165) is 4.90 Å². The zero-order valence-corrected chi connectivity index (χ0v) is 12.3. The number of hydrogen-bond acceptors (Lipinski definition) is 3. The van der Waals surface area contributed by atoms with E-state index in [1.807, 2.05) is 18.2 Å². The minimum Gasteiger partial charge on any atom is -0.494 e. The topological polar surface area (TPSA) is 26.3 Å². The van der Waals surface area contributed by atoms with E-state index in [9.17, 15) is 9.18 Å². The highest BCUT2D eigenvalue weighted by Crippen LogP contribution is 2.28. The van der Waals surface area contributed by atoms with Crippen LogP contribution in [-0.2, 0) is 0 Å². The second-order valence-corrected chi connectivity index (χ2v) is 5.39. The molecule has 20 heavy (non-hydrogen) atoms. The predicted molar refractivity (Wildman–Crippen MR) is 79.5 cm³/mol. The molecule has 0 radical (unpaired) electrons. The fourth-order valence-electron chi connectivity index (χ4n) is 1.67. The molecule has 0 atom stereocenters. The number of ether oxygens (including phenoxy) is 1. The Morgan fingerprint density at radius 2 is 2.00 bits per heavy atom. The Balaban J connectivity index is 2.12. The molecule has 0 unspecified atom stereocenters. The average Bonchev–Trinajstić information content (AvgIpc) is 2.46. The maximum atomic E-state index is 13.9. The molecule has 2 nitrogen and oxygen atoms in total. The van der Waals surface area contributed by atoms with Gasteiger partial charge in [0.2, 0.25) is 0 Å². The van der Waals surface area contributed by atoms with Gasteiger partial charge in [-0.25, -0.2) is 4.39 Å². The molecular weight excluding hydrogens is 299 g/mol. The summed E-state index contributed by atoms with van der Waals surface area (Å²) in [5.41, 5.74) is 0.0314. The first-order valence-corrected chi connectivity index (χ1v) is 7.23. The van der Waals surface area contributed by atoms with Gasteiger partial charge in [0.25, 0.3) is 0 Å². The van der Waals surface area contributed by atoms with Gasteiger partial charge in [-0.15, -0.1) is 11.8 Å². The van der Waals surface area contributed by atoms with Crippen LogP contribution in [0.5, 0.6) is 5.75 Å². The van der Waals surface area contributed by atoms with Gasteiger partial charge >= 0.3 is 0 Å². The van der Waals surface area contributed by atoms with Crippen LogP contribution >= 0.6 is 23.4 Å². The molecule has 0 amide bonds. The lowest BCUT2D eigenvalue weighted by atomic mass is 10.1. The molecule has 0 aromatic heterocycles. The van der Waals surface area contributed by atoms with Crippen LogP contribution < -0.4 is 4.74 Å². The maximum absolute atomic E-state index is 13.9. The summed E-state index contributed by atoms with van der Waals surface area (Å²) in [4.78, 5) is 12.9. The van der Waals surface area contributed by atoms with E-state index in [1.165, 1.54) is 31.0 Å². The smallest absolute Gasteiger partial charge is 0.176 e. The minimum atomic E-state index is -0.625. The van der Waals surface area contributed by atoms with Crippen molar-refractivity contribution < 1.29 is 13.9 Å². The number of methoxy groups -OCH3 is 1. The van der Waals surface area contributed by atoms with Gasteiger partial charge in [-0.05, 0) is 24.3 Å². The number of rotatable bonds is 5. The number of Topliss-reactive ketones (excluding diaryl/α,β-unsaturated/α-hetero) is 1. The van der Waals surface area contributed by atoms with Crippen LogP contribution in [0.2, 0.25) is 5.02 Å². The summed E-state index contributed by atoms with van der Waals surface area (Å²) < 4.78 is 18.8. The summed E-state index contributed by atoms with van der Waals surface area (Å²) in [6.45, 7) is 0. The Kier molecular flexibility index (Phi) is 5.04. The monoisotopic (exact) mass is 310 g/mol. The molecule has 2 aromatic carbocycles. The highest BCUT2D eigenvalue weighted by molar-refractivity contribution is 8.00. The summed E-state index contributed by atoms with van der Waals surface area (Å²) in [6.07, 6.45) is 0. The number of hydrogen-bond donors (Lipinski definition) is 0. The number of ketones is 1. The third kappa shape index (κ3) is 3.32. The second-order valence-electron chi connectivity index (χ2n) is 3.96. The Labute approximate surface area is 125 Å². The summed E-state index contributed by atoms with van der Waals surface area (Å²) in [6, 6.07) is 11.7. The van der Waals surface area contributed by atoms with Crippen LogP contribution in [0, 0.1) is 5.82 Å². The molecule has 0 fully saturated rings. The first-order chi connectivity index (χ1) is 9.63. The molecule has 0 spiro atoms. The molecule has 2 aromatic rings. The SMILES string of the molecule is COc1cccc(C(=O)CSc2ccccc2Cl)c1F. The molecule has 0 heterocycles. The molecule has 0 aliphatic rings. The summed E-state index contributed by atoms with van der Waals surface area (Å²) >= 11 is 7.29. The van der Waals surface area contributed by atoms with E-state index in [0.29, 0.717) is 5.02 Å². The molecule has 2 rings (SSSR count).